The molecule has 1 fully saturated rings. The van der Waals surface area contributed by atoms with Crippen LogP contribution in [-0.2, 0) is 0 Å². The number of nitrogens with one attached hydrogen (secondary N) is 1. The number of likely N-dealkylation sites (tertiary alicyclic amines) is 1. The van der Waals surface area contributed by atoms with E-state index in [1.165, 1.54) is 0 Å². The molecule has 1 aromatic heterocycles. The van der Waals surface area contributed by atoms with Crippen molar-refractivity contribution in [3.05, 3.63) is 59.9 Å². The number of para-hydroxylation sites is 1. The molecule has 1 aromatic carbocycles. The van der Waals surface area contributed by atoms with Crippen molar-refractivity contribution in [1.82, 2.24) is 15.2 Å². The number of pyridine rings is 1. The Kier molecular flexibility index (Phi) is 4.77. The summed E-state index contributed by atoms with van der Waals surface area (Å²) in [5.41, 5.74) is 2.37. The molecule has 2 aromatic rings. The average molecular weight is 380 g/mol. The maximum absolute atomic E-state index is 13.1. The number of aliphatic hydroxyl groups excluding tert-OH is 1. The van der Waals surface area contributed by atoms with Gasteiger partial charge in [0, 0.05) is 42.1 Å². The van der Waals surface area contributed by atoms with Crippen molar-refractivity contribution in [2.75, 3.05) is 18.1 Å². The Labute approximate surface area is 164 Å². The van der Waals surface area contributed by atoms with Crippen molar-refractivity contribution in [1.29, 1.82) is 0 Å². The van der Waals surface area contributed by atoms with E-state index in [2.05, 4.69) is 10.3 Å². The van der Waals surface area contributed by atoms with Crippen LogP contribution in [0.4, 0.5) is 10.5 Å². The van der Waals surface area contributed by atoms with Crippen molar-refractivity contribution in [2.45, 2.75) is 37.9 Å². The van der Waals surface area contributed by atoms with E-state index in [1.54, 1.807) is 34.3 Å². The highest BCUT2D eigenvalue weighted by Crippen LogP contribution is 2.48. The fourth-order valence-corrected chi connectivity index (χ4v) is 4.33. The quantitative estimate of drug-likeness (QED) is 0.853. The Morgan fingerprint density at radius 2 is 1.93 bits per heavy atom. The van der Waals surface area contributed by atoms with E-state index >= 15 is 0 Å². The van der Waals surface area contributed by atoms with Crippen LogP contribution in [0.5, 0.6) is 0 Å². The molecule has 0 aliphatic carbocycles. The standard InChI is InChI=1S/C21H24N4O3/c1-13(2)23-21(28)24-11-17-19(15-5-3-4-6-16(15)24)18(12-26)25(17)20(27)14-7-9-22-10-8-14/h3-10,13,17-19,26H,11-12H2,1-2H3,(H,23,28)/t17-,18+,19+/m1/s1. The van der Waals surface area contributed by atoms with E-state index in [-0.39, 0.29) is 42.6 Å². The third-order valence-corrected chi connectivity index (χ3v) is 5.51. The molecule has 0 bridgehead atoms. The van der Waals surface area contributed by atoms with Gasteiger partial charge in [-0.25, -0.2) is 4.79 Å². The third-order valence-electron chi connectivity index (χ3n) is 5.51. The lowest BCUT2D eigenvalue weighted by Crippen LogP contribution is -2.71. The number of hydrogen-bond acceptors (Lipinski definition) is 4. The predicted molar refractivity (Wildman–Crippen MR) is 105 cm³/mol. The molecule has 7 nitrogen and oxygen atoms in total. The Morgan fingerprint density at radius 3 is 2.61 bits per heavy atom. The van der Waals surface area contributed by atoms with Gasteiger partial charge in [-0.05, 0) is 37.6 Å². The number of urea groups is 1. The molecular weight excluding hydrogens is 356 g/mol. The number of aliphatic hydroxyl groups is 1. The topological polar surface area (TPSA) is 85.8 Å². The summed E-state index contributed by atoms with van der Waals surface area (Å²) in [5, 5.41) is 13.0. The second-order valence-corrected chi connectivity index (χ2v) is 7.56. The fraction of sp³-hybridized carbons (Fsp3) is 0.381. The van der Waals surface area contributed by atoms with Crippen LogP contribution in [0.25, 0.3) is 0 Å². The molecule has 7 heteroatoms. The molecule has 2 aliphatic heterocycles. The van der Waals surface area contributed by atoms with Crippen LogP contribution in [0.3, 0.4) is 0 Å². The highest BCUT2D eigenvalue weighted by molar-refractivity contribution is 5.97. The number of benzene rings is 1. The van der Waals surface area contributed by atoms with Gasteiger partial charge in [-0.1, -0.05) is 18.2 Å². The summed E-state index contributed by atoms with van der Waals surface area (Å²) in [6.07, 6.45) is 3.16. The van der Waals surface area contributed by atoms with E-state index in [4.69, 9.17) is 0 Å². The first kappa shape index (κ1) is 18.4. The van der Waals surface area contributed by atoms with Crippen molar-refractivity contribution >= 4 is 17.6 Å². The molecule has 28 heavy (non-hydrogen) atoms. The Balaban J connectivity index is 1.69. The molecule has 146 valence electrons. The molecule has 2 N–H and O–H groups in total. The number of carbonyl (C=O) groups is 2. The molecule has 0 spiro atoms. The van der Waals surface area contributed by atoms with Crippen molar-refractivity contribution in [3.8, 4) is 0 Å². The number of rotatable bonds is 3. The van der Waals surface area contributed by atoms with E-state index in [0.717, 1.165) is 11.3 Å². The maximum atomic E-state index is 13.1. The smallest absolute Gasteiger partial charge is 0.322 e. The Bertz CT molecular complexity index is 886. The Morgan fingerprint density at radius 1 is 1.21 bits per heavy atom. The molecule has 1 saturated heterocycles. The fourth-order valence-electron chi connectivity index (χ4n) is 4.33. The highest BCUT2D eigenvalue weighted by atomic mass is 16.3. The summed E-state index contributed by atoms with van der Waals surface area (Å²) in [6.45, 7) is 4.11. The number of amides is 3. The van der Waals surface area contributed by atoms with E-state index in [0.29, 0.717) is 12.1 Å². The molecule has 3 heterocycles. The lowest BCUT2D eigenvalue weighted by molar-refractivity contribution is -0.0242. The van der Waals surface area contributed by atoms with Gasteiger partial charge in [0.25, 0.3) is 5.91 Å². The molecule has 3 amide bonds. The maximum Gasteiger partial charge on any atom is 0.322 e. The number of anilines is 1. The lowest BCUT2D eigenvalue weighted by Gasteiger charge is -2.58. The van der Waals surface area contributed by atoms with Crippen LogP contribution in [0.15, 0.2) is 48.8 Å². The minimum absolute atomic E-state index is 0.00934. The zero-order valence-corrected chi connectivity index (χ0v) is 15.9. The van der Waals surface area contributed by atoms with Gasteiger partial charge in [0.2, 0.25) is 0 Å². The number of nitrogens with zero attached hydrogens (tertiary/aromatic N) is 3. The van der Waals surface area contributed by atoms with Crippen molar-refractivity contribution in [3.63, 3.8) is 0 Å². The average Bonchev–Trinajstić information content (AvgIpc) is 2.68. The van der Waals surface area contributed by atoms with Crippen LogP contribution in [-0.4, -0.2) is 58.2 Å². The zero-order valence-electron chi connectivity index (χ0n) is 15.9. The second kappa shape index (κ2) is 7.24. The van der Waals surface area contributed by atoms with Crippen molar-refractivity contribution in [2.24, 2.45) is 0 Å². The van der Waals surface area contributed by atoms with Crippen LogP contribution < -0.4 is 10.2 Å². The first-order valence-corrected chi connectivity index (χ1v) is 9.53. The van der Waals surface area contributed by atoms with E-state index in [1.807, 2.05) is 38.1 Å². The van der Waals surface area contributed by atoms with Gasteiger partial charge in [0.1, 0.15) is 0 Å². The molecular formula is C21H24N4O3. The first-order valence-electron chi connectivity index (χ1n) is 9.53. The van der Waals surface area contributed by atoms with E-state index in [9.17, 15) is 14.7 Å². The number of fused-ring (bicyclic) bond motifs is 3. The van der Waals surface area contributed by atoms with Crippen LogP contribution >= 0.6 is 0 Å². The molecule has 0 unspecified atom stereocenters. The van der Waals surface area contributed by atoms with Crippen LogP contribution in [0, 0.1) is 0 Å². The summed E-state index contributed by atoms with van der Waals surface area (Å²) in [6, 6.07) is 10.4. The molecule has 2 aliphatic rings. The summed E-state index contributed by atoms with van der Waals surface area (Å²) >= 11 is 0. The molecule has 0 radical (unpaired) electrons. The SMILES string of the molecule is CC(C)NC(=O)N1C[C@@H]2[C@H](c3ccccc31)[C@H](CO)N2C(=O)c1ccncc1. The van der Waals surface area contributed by atoms with Gasteiger partial charge in [-0.3, -0.25) is 14.7 Å². The monoisotopic (exact) mass is 380 g/mol. The molecule has 4 rings (SSSR count). The minimum Gasteiger partial charge on any atom is -0.394 e. The van der Waals surface area contributed by atoms with Gasteiger partial charge >= 0.3 is 6.03 Å². The van der Waals surface area contributed by atoms with Gasteiger partial charge in [-0.2, -0.15) is 0 Å². The highest BCUT2D eigenvalue weighted by Gasteiger charge is 2.55. The van der Waals surface area contributed by atoms with E-state index < -0.39 is 0 Å². The normalized spacial score (nSPS) is 22.9. The van der Waals surface area contributed by atoms with Gasteiger partial charge in [0.15, 0.2) is 0 Å². The van der Waals surface area contributed by atoms with Crippen LogP contribution in [0.1, 0.15) is 35.7 Å². The van der Waals surface area contributed by atoms with Gasteiger partial charge < -0.3 is 15.3 Å². The lowest BCUT2D eigenvalue weighted by atomic mass is 9.71. The van der Waals surface area contributed by atoms with Crippen molar-refractivity contribution < 1.29 is 14.7 Å². The predicted octanol–water partition coefficient (Wildman–Crippen LogP) is 1.99. The van der Waals surface area contributed by atoms with Crippen LogP contribution in [0.2, 0.25) is 0 Å². The molecule has 3 atom stereocenters. The third kappa shape index (κ3) is 2.92. The number of aromatic nitrogens is 1. The number of hydrogen-bond donors (Lipinski definition) is 2. The molecule has 0 saturated carbocycles. The summed E-state index contributed by atoms with van der Waals surface area (Å²) in [7, 11) is 0. The largest absolute Gasteiger partial charge is 0.394 e. The second-order valence-electron chi connectivity index (χ2n) is 7.56. The first-order chi connectivity index (χ1) is 13.5. The Hall–Kier alpha value is -2.93. The van der Waals surface area contributed by atoms with Gasteiger partial charge in [0.05, 0.1) is 18.7 Å². The minimum atomic E-state index is -0.304. The number of carbonyl (C=O) groups excluding carboxylic acids is 2. The summed E-state index contributed by atoms with van der Waals surface area (Å²) in [5.74, 6) is -0.138. The zero-order chi connectivity index (χ0) is 19.8. The van der Waals surface area contributed by atoms with Gasteiger partial charge in [-0.15, -0.1) is 0 Å². The summed E-state index contributed by atoms with van der Waals surface area (Å²) in [4.78, 5) is 33.3. The summed E-state index contributed by atoms with van der Waals surface area (Å²) < 4.78 is 0.